The molecule has 0 atom stereocenters. The van der Waals surface area contributed by atoms with Crippen molar-refractivity contribution in [2.24, 2.45) is 0 Å². The van der Waals surface area contributed by atoms with E-state index in [0.717, 1.165) is 0 Å². The third kappa shape index (κ3) is 2.83. The Morgan fingerprint density at radius 1 is 1.44 bits per heavy atom. The molecule has 0 saturated carbocycles. The topological polar surface area (TPSA) is 101 Å². The Labute approximate surface area is 52.5 Å². The Morgan fingerprint density at radius 2 is 1.89 bits per heavy atom. The Balaban J connectivity index is 4.22. The van der Waals surface area contributed by atoms with Crippen molar-refractivity contribution in [2.45, 2.75) is 5.62 Å². The van der Waals surface area contributed by atoms with Crippen LogP contribution >= 0.6 is 8.69 Å². The SMILES string of the molecule is O=POS(=O)(=O)C(O)O. The fraction of sp³-hybridized carbons (Fsp3) is 1.00. The van der Waals surface area contributed by atoms with Gasteiger partial charge in [-0.15, -0.1) is 0 Å². The van der Waals surface area contributed by atoms with Gasteiger partial charge in [-0.1, -0.05) is 0 Å². The molecule has 54 valence electrons. The summed E-state index contributed by atoms with van der Waals surface area (Å²) in [5.74, 6) is 0. The lowest BCUT2D eigenvalue weighted by Gasteiger charge is -1.97. The van der Waals surface area contributed by atoms with Gasteiger partial charge < -0.3 is 10.2 Å². The van der Waals surface area contributed by atoms with Crippen LogP contribution in [0, 0.1) is 0 Å². The maximum absolute atomic E-state index is 10.0. The molecule has 0 unspecified atom stereocenters. The number of aliphatic hydroxyl groups is 2. The van der Waals surface area contributed by atoms with Gasteiger partial charge in [-0.05, 0) is 0 Å². The van der Waals surface area contributed by atoms with Gasteiger partial charge in [0.1, 0.15) is 0 Å². The smallest absolute Gasteiger partial charge is 0.343 e. The van der Waals surface area contributed by atoms with Crippen LogP contribution in [0.15, 0.2) is 0 Å². The summed E-state index contributed by atoms with van der Waals surface area (Å²) < 4.78 is 32.8. The maximum atomic E-state index is 10.0. The first-order chi connectivity index (χ1) is 4.00. The molecule has 0 aliphatic heterocycles. The molecule has 0 aromatic carbocycles. The van der Waals surface area contributed by atoms with Crippen molar-refractivity contribution in [3.63, 3.8) is 0 Å². The van der Waals surface area contributed by atoms with Crippen LogP contribution in [0.1, 0.15) is 0 Å². The number of aliphatic hydroxyl groups excluding tert-OH is 1. The van der Waals surface area contributed by atoms with Crippen molar-refractivity contribution in [3.05, 3.63) is 0 Å². The Morgan fingerprint density at radius 3 is 2.00 bits per heavy atom. The highest BCUT2D eigenvalue weighted by Gasteiger charge is 2.20. The first-order valence-corrected chi connectivity index (χ1v) is 3.82. The molecule has 2 N–H and O–H groups in total. The summed E-state index contributed by atoms with van der Waals surface area (Å²) in [6.45, 7) is 0. The fourth-order valence-electron chi connectivity index (χ4n) is 0.0809. The summed E-state index contributed by atoms with van der Waals surface area (Å²) in [6, 6.07) is 0. The van der Waals surface area contributed by atoms with Crippen molar-refractivity contribution >= 4 is 18.8 Å². The third-order valence-electron chi connectivity index (χ3n) is 0.393. The molecule has 9 heavy (non-hydrogen) atoms. The van der Waals surface area contributed by atoms with Crippen LogP contribution in [0.25, 0.3) is 0 Å². The fourth-order valence-corrected chi connectivity index (χ4v) is 0.728. The summed E-state index contributed by atoms with van der Waals surface area (Å²) >= 11 is 0. The van der Waals surface area contributed by atoms with E-state index in [1.807, 2.05) is 0 Å². The van der Waals surface area contributed by atoms with E-state index in [1.54, 1.807) is 0 Å². The van der Waals surface area contributed by atoms with E-state index in [-0.39, 0.29) is 0 Å². The quantitative estimate of drug-likeness (QED) is 0.412. The van der Waals surface area contributed by atoms with Crippen LogP contribution in [0.3, 0.4) is 0 Å². The van der Waals surface area contributed by atoms with Crippen molar-refractivity contribution in [2.75, 3.05) is 0 Å². The Hall–Kier alpha value is -0.0700. The summed E-state index contributed by atoms with van der Waals surface area (Å²) in [5.41, 5.74) is -2.64. The molecule has 0 saturated heterocycles. The zero-order chi connectivity index (χ0) is 7.49. The first kappa shape index (κ1) is 8.93. The Kier molecular flexibility index (Phi) is 3.16. The summed E-state index contributed by atoms with van der Waals surface area (Å²) in [6.07, 6.45) is 0. The minimum absolute atomic E-state index is 1.14. The number of rotatable bonds is 3. The van der Waals surface area contributed by atoms with Crippen LogP contribution < -0.4 is 0 Å². The molecule has 0 amide bonds. The molecule has 0 rings (SSSR count). The molecule has 6 nitrogen and oxygen atoms in total. The number of hydrogen-bond acceptors (Lipinski definition) is 6. The van der Waals surface area contributed by atoms with Gasteiger partial charge in [-0.3, -0.25) is 0 Å². The average molecular weight is 174 g/mol. The first-order valence-electron chi connectivity index (χ1n) is 1.62. The van der Waals surface area contributed by atoms with Gasteiger partial charge in [0.2, 0.25) is 0 Å². The molecule has 0 spiro atoms. The molecule has 8 heteroatoms. The molecular formula is CH3O6PS. The van der Waals surface area contributed by atoms with E-state index in [2.05, 4.69) is 3.97 Å². The van der Waals surface area contributed by atoms with Gasteiger partial charge >= 0.3 is 18.8 Å². The largest absolute Gasteiger partial charge is 0.354 e. The van der Waals surface area contributed by atoms with E-state index >= 15 is 0 Å². The highest BCUT2D eigenvalue weighted by molar-refractivity contribution is 7.89. The molecule has 0 aliphatic carbocycles. The van der Waals surface area contributed by atoms with Crippen molar-refractivity contribution < 1.29 is 27.2 Å². The molecule has 0 fully saturated rings. The average Bonchev–Trinajstić information content (AvgIpc) is 1.65. The summed E-state index contributed by atoms with van der Waals surface area (Å²) in [7, 11) is -5.60. The van der Waals surface area contributed by atoms with E-state index in [0.29, 0.717) is 0 Å². The maximum Gasteiger partial charge on any atom is 0.343 e. The molecule has 0 heterocycles. The lowest BCUT2D eigenvalue weighted by molar-refractivity contribution is 0.0251. The van der Waals surface area contributed by atoms with E-state index in [9.17, 15) is 13.0 Å². The minimum Gasteiger partial charge on any atom is -0.354 e. The molecule has 0 radical (unpaired) electrons. The predicted octanol–water partition coefficient (Wildman–Crippen LogP) is -1.19. The van der Waals surface area contributed by atoms with Crippen LogP contribution in [0.5, 0.6) is 0 Å². The second-order valence-corrected chi connectivity index (χ2v) is 3.12. The van der Waals surface area contributed by atoms with Gasteiger partial charge in [-0.2, -0.15) is 12.4 Å². The van der Waals surface area contributed by atoms with Crippen LogP contribution in [-0.2, 0) is 18.7 Å². The van der Waals surface area contributed by atoms with E-state index in [1.165, 1.54) is 0 Å². The zero-order valence-corrected chi connectivity index (χ0v) is 5.67. The second-order valence-electron chi connectivity index (χ2n) is 0.968. The van der Waals surface area contributed by atoms with Crippen LogP contribution in [0.4, 0.5) is 0 Å². The molecule has 0 aromatic heterocycles. The third-order valence-corrected chi connectivity index (χ3v) is 1.98. The molecule has 0 bridgehead atoms. The normalized spacial score (nSPS) is 12.8. The lowest BCUT2D eigenvalue weighted by atomic mass is 11.5. The molecular weight excluding hydrogens is 171 g/mol. The predicted molar refractivity (Wildman–Crippen MR) is 25.8 cm³/mol. The van der Waals surface area contributed by atoms with Crippen molar-refractivity contribution in [1.29, 1.82) is 0 Å². The van der Waals surface area contributed by atoms with Gasteiger partial charge in [0.05, 0.1) is 0 Å². The monoisotopic (exact) mass is 174 g/mol. The van der Waals surface area contributed by atoms with E-state index < -0.39 is 24.4 Å². The summed E-state index contributed by atoms with van der Waals surface area (Å²) in [4.78, 5) is 0. The van der Waals surface area contributed by atoms with Gasteiger partial charge in [-0.25, -0.2) is 4.57 Å². The van der Waals surface area contributed by atoms with Crippen molar-refractivity contribution in [3.8, 4) is 0 Å². The Bertz CT molecular complexity index is 179. The molecule has 0 aromatic rings. The van der Waals surface area contributed by atoms with Gasteiger partial charge in [0, 0.05) is 0 Å². The van der Waals surface area contributed by atoms with Crippen molar-refractivity contribution in [1.82, 2.24) is 0 Å². The molecule has 0 aliphatic rings. The minimum atomic E-state index is -4.46. The number of hydrogen-bond donors (Lipinski definition) is 2. The summed E-state index contributed by atoms with van der Waals surface area (Å²) in [5, 5.41) is 15.8. The zero-order valence-electron chi connectivity index (χ0n) is 3.96. The lowest BCUT2D eigenvalue weighted by Crippen LogP contribution is -2.19. The van der Waals surface area contributed by atoms with Gasteiger partial charge in [0.15, 0.2) is 0 Å². The van der Waals surface area contributed by atoms with Gasteiger partial charge in [0.25, 0.3) is 5.62 Å². The highest BCUT2D eigenvalue weighted by Crippen LogP contribution is 2.06. The van der Waals surface area contributed by atoms with Crippen LogP contribution in [-0.4, -0.2) is 24.3 Å². The van der Waals surface area contributed by atoms with E-state index in [4.69, 9.17) is 10.2 Å². The van der Waals surface area contributed by atoms with Crippen LogP contribution in [0.2, 0.25) is 0 Å². The standard InChI is InChI=1S/CH3O6PS/c2-1(3)9(5,6)7-8-4/h1-3H. The highest BCUT2D eigenvalue weighted by atomic mass is 32.2. The second kappa shape index (κ2) is 3.19.